The highest BCUT2D eigenvalue weighted by Crippen LogP contribution is 2.18. The summed E-state index contributed by atoms with van der Waals surface area (Å²) >= 11 is 3.22. The topological polar surface area (TPSA) is 68.2 Å². The van der Waals surface area contributed by atoms with Gasteiger partial charge in [-0.1, -0.05) is 22.0 Å². The fourth-order valence-electron chi connectivity index (χ4n) is 2.46. The maximum absolute atomic E-state index is 12.4. The summed E-state index contributed by atoms with van der Waals surface area (Å²) in [5.41, 5.74) is 2.08. The average Bonchev–Trinajstić information content (AvgIpc) is 3.08. The highest BCUT2D eigenvalue weighted by atomic mass is 79.9. The molecule has 0 spiro atoms. The van der Waals surface area contributed by atoms with E-state index in [-0.39, 0.29) is 10.5 Å². The van der Waals surface area contributed by atoms with Crippen molar-refractivity contribution in [3.8, 4) is 5.69 Å². The second-order valence-electron chi connectivity index (χ2n) is 5.48. The number of carbonyl (C=O) groups excluding carboxylic acids is 1. The lowest BCUT2D eigenvalue weighted by Crippen LogP contribution is -2.30. The Bertz CT molecular complexity index is 1030. The van der Waals surface area contributed by atoms with E-state index >= 15 is 0 Å². The number of nitrogens with one attached hydrogen (secondary N) is 1. The first-order valence-electron chi connectivity index (χ1n) is 7.43. The first-order chi connectivity index (χ1) is 11.9. The molecule has 128 valence electrons. The van der Waals surface area contributed by atoms with Crippen LogP contribution in [0.1, 0.15) is 15.9 Å². The summed E-state index contributed by atoms with van der Waals surface area (Å²) in [7, 11) is -3.93. The number of aromatic nitrogens is 1. The molecule has 0 saturated heterocycles. The van der Waals surface area contributed by atoms with Gasteiger partial charge in [0.15, 0.2) is 0 Å². The third-order valence-electron chi connectivity index (χ3n) is 3.68. The molecule has 3 aromatic rings. The van der Waals surface area contributed by atoms with Gasteiger partial charge in [0.25, 0.3) is 15.9 Å². The summed E-state index contributed by atoms with van der Waals surface area (Å²) in [6, 6.07) is 15.1. The van der Waals surface area contributed by atoms with Crippen LogP contribution >= 0.6 is 15.9 Å². The number of rotatable bonds is 4. The molecule has 1 heterocycles. The number of halogens is 1. The van der Waals surface area contributed by atoms with Gasteiger partial charge in [0.1, 0.15) is 0 Å². The molecule has 25 heavy (non-hydrogen) atoms. The lowest BCUT2D eigenvalue weighted by Gasteiger charge is -2.11. The van der Waals surface area contributed by atoms with Crippen LogP contribution in [-0.4, -0.2) is 18.9 Å². The van der Waals surface area contributed by atoms with Gasteiger partial charge in [-0.3, -0.25) is 4.79 Å². The predicted molar refractivity (Wildman–Crippen MR) is 99.3 cm³/mol. The molecule has 5 nitrogen and oxygen atoms in total. The van der Waals surface area contributed by atoms with E-state index in [1.54, 1.807) is 30.3 Å². The largest absolute Gasteiger partial charge is 0.324 e. The third kappa shape index (κ3) is 3.83. The van der Waals surface area contributed by atoms with Gasteiger partial charge in [-0.15, -0.1) is 0 Å². The van der Waals surface area contributed by atoms with Crippen LogP contribution in [-0.2, 0) is 10.0 Å². The van der Waals surface area contributed by atoms with E-state index in [1.165, 1.54) is 12.1 Å². The summed E-state index contributed by atoms with van der Waals surface area (Å²) in [5.74, 6) is -0.665. The van der Waals surface area contributed by atoms with Gasteiger partial charge in [-0.2, -0.15) is 0 Å². The molecular formula is C18H15BrN2O3S. The Kier molecular flexibility index (Phi) is 4.78. The quantitative estimate of drug-likeness (QED) is 0.702. The number of sulfonamides is 1. The minimum atomic E-state index is -3.93. The second-order valence-corrected chi connectivity index (χ2v) is 8.08. The van der Waals surface area contributed by atoms with Crippen molar-refractivity contribution in [3.05, 3.63) is 82.6 Å². The first-order valence-corrected chi connectivity index (χ1v) is 9.71. The van der Waals surface area contributed by atoms with Crippen molar-refractivity contribution in [1.82, 2.24) is 9.29 Å². The highest BCUT2D eigenvalue weighted by molar-refractivity contribution is 9.10. The molecular weight excluding hydrogens is 404 g/mol. The second kappa shape index (κ2) is 6.85. The molecule has 2 aromatic carbocycles. The van der Waals surface area contributed by atoms with Crippen LogP contribution in [0.4, 0.5) is 0 Å². The minimum absolute atomic E-state index is 0.0240. The van der Waals surface area contributed by atoms with Crippen LogP contribution in [0.5, 0.6) is 0 Å². The van der Waals surface area contributed by atoms with Crippen LogP contribution in [0.25, 0.3) is 5.69 Å². The molecule has 7 heteroatoms. The van der Waals surface area contributed by atoms with E-state index in [0.29, 0.717) is 4.47 Å². The fraction of sp³-hybridized carbons (Fsp3) is 0.0556. The molecule has 0 aliphatic heterocycles. The molecule has 0 aliphatic carbocycles. The molecule has 0 atom stereocenters. The number of amides is 1. The van der Waals surface area contributed by atoms with E-state index in [1.807, 2.05) is 36.0 Å². The Morgan fingerprint density at radius 3 is 2.40 bits per heavy atom. The monoisotopic (exact) mass is 418 g/mol. The lowest BCUT2D eigenvalue weighted by atomic mass is 10.1. The molecule has 0 saturated carbocycles. The van der Waals surface area contributed by atoms with Crippen molar-refractivity contribution in [3.63, 3.8) is 0 Å². The van der Waals surface area contributed by atoms with E-state index in [2.05, 4.69) is 20.7 Å². The zero-order valence-corrected chi connectivity index (χ0v) is 15.7. The molecule has 0 unspecified atom stereocenters. The molecule has 3 rings (SSSR count). The van der Waals surface area contributed by atoms with E-state index in [9.17, 15) is 13.2 Å². The van der Waals surface area contributed by atoms with Gasteiger partial charge in [-0.25, -0.2) is 13.1 Å². The lowest BCUT2D eigenvalue weighted by molar-refractivity contribution is 0.0981. The molecule has 0 bridgehead atoms. The van der Waals surface area contributed by atoms with E-state index in [0.717, 1.165) is 11.3 Å². The van der Waals surface area contributed by atoms with Crippen LogP contribution in [0.3, 0.4) is 0 Å². The number of benzene rings is 2. The molecule has 0 radical (unpaired) electrons. The van der Waals surface area contributed by atoms with Crippen molar-refractivity contribution in [2.75, 3.05) is 0 Å². The number of carbonyl (C=O) groups is 1. The molecule has 1 amide bonds. The Morgan fingerprint density at radius 2 is 1.76 bits per heavy atom. The van der Waals surface area contributed by atoms with Gasteiger partial charge < -0.3 is 4.57 Å². The Hall–Kier alpha value is -2.38. The predicted octanol–water partition coefficient (Wildman–Crippen LogP) is 3.67. The minimum Gasteiger partial charge on any atom is -0.324 e. The maximum atomic E-state index is 12.4. The fourth-order valence-corrected chi connectivity index (χ4v) is 4.03. The summed E-state index contributed by atoms with van der Waals surface area (Å²) in [6.07, 6.45) is 3.81. The SMILES string of the molecule is Cc1cc(C(=O)NS(=O)(=O)c2cccc(Br)c2)ccc1-n1cccc1. The van der Waals surface area contributed by atoms with Gasteiger partial charge in [0.2, 0.25) is 0 Å². The number of aryl methyl sites for hydroxylation is 1. The van der Waals surface area contributed by atoms with Crippen LogP contribution in [0.2, 0.25) is 0 Å². The molecule has 0 aliphatic rings. The third-order valence-corrected chi connectivity index (χ3v) is 5.50. The smallest absolute Gasteiger partial charge is 0.265 e. The summed E-state index contributed by atoms with van der Waals surface area (Å²) < 4.78 is 29.3. The van der Waals surface area contributed by atoms with E-state index < -0.39 is 15.9 Å². The summed E-state index contributed by atoms with van der Waals surface area (Å²) in [6.45, 7) is 1.87. The van der Waals surface area contributed by atoms with Crippen LogP contribution in [0, 0.1) is 6.92 Å². The van der Waals surface area contributed by atoms with E-state index in [4.69, 9.17) is 0 Å². The Labute approximate surface area is 154 Å². The van der Waals surface area contributed by atoms with Crippen molar-refractivity contribution < 1.29 is 13.2 Å². The standard InChI is InChI=1S/C18H15BrN2O3S/c1-13-11-14(7-8-17(13)21-9-2-3-10-21)18(22)20-25(23,24)16-6-4-5-15(19)12-16/h2-12H,1H3,(H,20,22). The van der Waals surface area contributed by atoms with Crippen molar-refractivity contribution >= 4 is 31.9 Å². The Morgan fingerprint density at radius 1 is 1.04 bits per heavy atom. The molecule has 0 fully saturated rings. The normalized spacial score (nSPS) is 11.3. The van der Waals surface area contributed by atoms with Gasteiger partial charge >= 0.3 is 0 Å². The molecule has 1 aromatic heterocycles. The zero-order chi connectivity index (χ0) is 18.0. The van der Waals surface area contributed by atoms with Crippen molar-refractivity contribution in [2.45, 2.75) is 11.8 Å². The summed E-state index contributed by atoms with van der Waals surface area (Å²) in [4.78, 5) is 12.4. The van der Waals surface area contributed by atoms with Crippen LogP contribution in [0.15, 0.2) is 76.4 Å². The number of hydrogen-bond acceptors (Lipinski definition) is 3. The first kappa shape index (κ1) is 17.4. The van der Waals surface area contributed by atoms with Gasteiger partial charge in [0.05, 0.1) is 4.90 Å². The van der Waals surface area contributed by atoms with Crippen molar-refractivity contribution in [2.24, 2.45) is 0 Å². The zero-order valence-electron chi connectivity index (χ0n) is 13.3. The Balaban J connectivity index is 1.85. The average molecular weight is 419 g/mol. The number of hydrogen-bond donors (Lipinski definition) is 1. The molecule has 1 N–H and O–H groups in total. The maximum Gasteiger partial charge on any atom is 0.265 e. The summed E-state index contributed by atoms with van der Waals surface area (Å²) in [5, 5.41) is 0. The van der Waals surface area contributed by atoms with Crippen molar-refractivity contribution in [1.29, 1.82) is 0 Å². The van der Waals surface area contributed by atoms with Gasteiger partial charge in [-0.05, 0) is 61.0 Å². The highest BCUT2D eigenvalue weighted by Gasteiger charge is 2.19. The number of nitrogens with zero attached hydrogens (tertiary/aromatic N) is 1. The van der Waals surface area contributed by atoms with Gasteiger partial charge in [0, 0.05) is 28.1 Å². The van der Waals surface area contributed by atoms with Crippen LogP contribution < -0.4 is 4.72 Å².